The van der Waals surface area contributed by atoms with Gasteiger partial charge in [0, 0.05) is 31.3 Å². The molecular formula is C18H22FNO3. The Hall–Kier alpha value is -2.11. The van der Waals surface area contributed by atoms with Crippen molar-refractivity contribution < 1.29 is 18.6 Å². The molecule has 0 radical (unpaired) electrons. The van der Waals surface area contributed by atoms with E-state index in [1.165, 1.54) is 6.07 Å². The van der Waals surface area contributed by atoms with Gasteiger partial charge < -0.3 is 19.5 Å². The Labute approximate surface area is 136 Å². The lowest BCUT2D eigenvalue weighted by Crippen LogP contribution is -2.19. The van der Waals surface area contributed by atoms with Crippen LogP contribution in [0.1, 0.15) is 11.1 Å². The number of halogens is 1. The van der Waals surface area contributed by atoms with Gasteiger partial charge >= 0.3 is 0 Å². The van der Waals surface area contributed by atoms with Gasteiger partial charge in [0.1, 0.15) is 12.4 Å². The average molecular weight is 319 g/mol. The molecule has 2 aromatic rings. The number of methoxy groups -OCH3 is 2. The van der Waals surface area contributed by atoms with Crippen LogP contribution in [0.3, 0.4) is 0 Å². The van der Waals surface area contributed by atoms with E-state index in [9.17, 15) is 4.39 Å². The van der Waals surface area contributed by atoms with Gasteiger partial charge in [-0.2, -0.15) is 0 Å². The number of para-hydroxylation sites is 1. The normalized spacial score (nSPS) is 10.6. The summed E-state index contributed by atoms with van der Waals surface area (Å²) in [5, 5.41) is 3.27. The van der Waals surface area contributed by atoms with Gasteiger partial charge in [-0.3, -0.25) is 0 Å². The van der Waals surface area contributed by atoms with Crippen LogP contribution in [-0.2, 0) is 17.9 Å². The molecule has 0 unspecified atom stereocenters. The van der Waals surface area contributed by atoms with Gasteiger partial charge in [-0.15, -0.1) is 0 Å². The molecule has 2 aromatic carbocycles. The highest BCUT2D eigenvalue weighted by Gasteiger charge is 2.11. The average Bonchev–Trinajstić information content (AvgIpc) is 2.58. The van der Waals surface area contributed by atoms with Crippen LogP contribution >= 0.6 is 0 Å². The summed E-state index contributed by atoms with van der Waals surface area (Å²) in [6.07, 6.45) is 0. The molecule has 0 aliphatic carbocycles. The molecule has 0 aliphatic heterocycles. The van der Waals surface area contributed by atoms with E-state index in [1.807, 2.05) is 18.2 Å². The molecule has 0 fully saturated rings. The monoisotopic (exact) mass is 319 g/mol. The van der Waals surface area contributed by atoms with Crippen molar-refractivity contribution in [2.24, 2.45) is 0 Å². The molecule has 5 heteroatoms. The van der Waals surface area contributed by atoms with Gasteiger partial charge in [-0.05, 0) is 12.1 Å². The topological polar surface area (TPSA) is 39.7 Å². The molecule has 0 spiro atoms. The molecule has 0 saturated heterocycles. The molecule has 124 valence electrons. The molecule has 2 rings (SSSR count). The predicted octanol–water partition coefficient (Wildman–Crippen LogP) is 3.15. The molecule has 0 heterocycles. The van der Waals surface area contributed by atoms with E-state index in [2.05, 4.69) is 5.32 Å². The van der Waals surface area contributed by atoms with E-state index in [0.29, 0.717) is 30.2 Å². The Bertz CT molecular complexity index is 619. The summed E-state index contributed by atoms with van der Waals surface area (Å²) in [5.41, 5.74) is 1.47. The first-order valence-electron chi connectivity index (χ1n) is 7.48. The molecule has 0 aliphatic rings. The number of nitrogens with one attached hydrogen (secondary N) is 1. The number of rotatable bonds is 9. The highest BCUT2D eigenvalue weighted by molar-refractivity contribution is 5.46. The Kier molecular flexibility index (Phi) is 6.84. The van der Waals surface area contributed by atoms with Crippen LogP contribution in [-0.4, -0.2) is 27.4 Å². The third-order valence-corrected chi connectivity index (χ3v) is 3.41. The summed E-state index contributed by atoms with van der Waals surface area (Å²) in [7, 11) is 3.25. The summed E-state index contributed by atoms with van der Waals surface area (Å²) >= 11 is 0. The van der Waals surface area contributed by atoms with E-state index in [4.69, 9.17) is 14.2 Å². The zero-order valence-electron chi connectivity index (χ0n) is 13.5. The van der Waals surface area contributed by atoms with Crippen LogP contribution in [0.2, 0.25) is 0 Å². The molecule has 0 bridgehead atoms. The van der Waals surface area contributed by atoms with Gasteiger partial charge in [0.2, 0.25) is 0 Å². The van der Waals surface area contributed by atoms with E-state index in [1.54, 1.807) is 32.4 Å². The lowest BCUT2D eigenvalue weighted by atomic mass is 10.1. The molecule has 0 amide bonds. The first-order valence-corrected chi connectivity index (χ1v) is 7.48. The second-order valence-corrected chi connectivity index (χ2v) is 5.00. The van der Waals surface area contributed by atoms with E-state index in [-0.39, 0.29) is 12.4 Å². The quantitative estimate of drug-likeness (QED) is 0.721. The van der Waals surface area contributed by atoms with Crippen molar-refractivity contribution in [2.45, 2.75) is 13.2 Å². The minimum atomic E-state index is -0.276. The van der Waals surface area contributed by atoms with Crippen molar-refractivity contribution in [3.05, 3.63) is 59.4 Å². The second kappa shape index (κ2) is 9.12. The lowest BCUT2D eigenvalue weighted by Gasteiger charge is -2.16. The zero-order chi connectivity index (χ0) is 16.5. The van der Waals surface area contributed by atoms with Gasteiger partial charge in [0.05, 0.1) is 13.7 Å². The number of hydrogen-bond donors (Lipinski definition) is 1. The highest BCUT2D eigenvalue weighted by atomic mass is 19.1. The highest BCUT2D eigenvalue weighted by Crippen LogP contribution is 2.32. The summed E-state index contributed by atoms with van der Waals surface area (Å²) in [5.74, 6) is 0.984. The molecule has 0 atom stereocenters. The van der Waals surface area contributed by atoms with Gasteiger partial charge in [-0.25, -0.2) is 4.39 Å². The fourth-order valence-corrected chi connectivity index (χ4v) is 2.19. The van der Waals surface area contributed by atoms with E-state index < -0.39 is 0 Å². The molecule has 0 aromatic heterocycles. The van der Waals surface area contributed by atoms with Crippen LogP contribution in [0.5, 0.6) is 11.5 Å². The Balaban J connectivity index is 2.10. The number of ether oxygens (including phenoxy) is 3. The van der Waals surface area contributed by atoms with Gasteiger partial charge in [-0.1, -0.05) is 30.3 Å². The summed E-state index contributed by atoms with van der Waals surface area (Å²) in [4.78, 5) is 0. The van der Waals surface area contributed by atoms with Crippen LogP contribution < -0.4 is 14.8 Å². The number of hydrogen-bond acceptors (Lipinski definition) is 4. The molecule has 4 nitrogen and oxygen atoms in total. The summed E-state index contributed by atoms with van der Waals surface area (Å²) in [6.45, 7) is 2.14. The molecule has 23 heavy (non-hydrogen) atoms. The lowest BCUT2D eigenvalue weighted by molar-refractivity contribution is 0.199. The zero-order valence-corrected chi connectivity index (χ0v) is 13.5. The van der Waals surface area contributed by atoms with Crippen LogP contribution in [0.25, 0.3) is 0 Å². The molecular weight excluding hydrogens is 297 g/mol. The third kappa shape index (κ3) is 4.94. The van der Waals surface area contributed by atoms with Crippen LogP contribution in [0.15, 0.2) is 42.5 Å². The fourth-order valence-electron chi connectivity index (χ4n) is 2.19. The number of benzene rings is 2. The largest absolute Gasteiger partial charge is 0.493 e. The van der Waals surface area contributed by atoms with Crippen LogP contribution in [0, 0.1) is 5.82 Å². The molecule has 0 saturated carbocycles. The molecule has 1 N–H and O–H groups in total. The maximum absolute atomic E-state index is 13.7. The first kappa shape index (κ1) is 17.2. The summed E-state index contributed by atoms with van der Waals surface area (Å²) < 4.78 is 29.9. The third-order valence-electron chi connectivity index (χ3n) is 3.41. The Morgan fingerprint density at radius 3 is 2.52 bits per heavy atom. The first-order chi connectivity index (χ1) is 11.3. The van der Waals surface area contributed by atoms with Gasteiger partial charge in [0.15, 0.2) is 11.5 Å². The second-order valence-electron chi connectivity index (χ2n) is 5.00. The van der Waals surface area contributed by atoms with Crippen molar-refractivity contribution in [1.29, 1.82) is 0 Å². The SMILES string of the molecule is COCCNCc1cccc(OC)c1OCc1ccccc1F. The van der Waals surface area contributed by atoms with Crippen LogP contribution in [0.4, 0.5) is 4.39 Å². The van der Waals surface area contributed by atoms with Crippen molar-refractivity contribution in [1.82, 2.24) is 5.32 Å². The fraction of sp³-hybridized carbons (Fsp3) is 0.333. The standard InChI is InChI=1S/C18H22FNO3/c1-21-11-10-20-12-14-7-5-9-17(22-2)18(14)23-13-15-6-3-4-8-16(15)19/h3-9,20H,10-13H2,1-2H3. The maximum Gasteiger partial charge on any atom is 0.166 e. The Morgan fingerprint density at radius 1 is 1.00 bits per heavy atom. The van der Waals surface area contributed by atoms with Crippen molar-refractivity contribution in [2.75, 3.05) is 27.4 Å². The van der Waals surface area contributed by atoms with Gasteiger partial charge in [0.25, 0.3) is 0 Å². The smallest absolute Gasteiger partial charge is 0.166 e. The van der Waals surface area contributed by atoms with Crippen molar-refractivity contribution in [3.8, 4) is 11.5 Å². The van der Waals surface area contributed by atoms with E-state index >= 15 is 0 Å². The maximum atomic E-state index is 13.7. The van der Waals surface area contributed by atoms with Crippen molar-refractivity contribution >= 4 is 0 Å². The predicted molar refractivity (Wildman–Crippen MR) is 87.3 cm³/mol. The minimum absolute atomic E-state index is 0.151. The summed E-state index contributed by atoms with van der Waals surface area (Å²) in [6, 6.07) is 12.3. The van der Waals surface area contributed by atoms with Crippen molar-refractivity contribution in [3.63, 3.8) is 0 Å². The minimum Gasteiger partial charge on any atom is -0.493 e. The Morgan fingerprint density at radius 2 is 1.78 bits per heavy atom. The van der Waals surface area contributed by atoms with E-state index in [0.717, 1.165) is 12.1 Å².